The molecule has 0 bridgehead atoms. The molecule has 1 amide bonds. The van der Waals surface area contributed by atoms with Gasteiger partial charge >= 0.3 is 11.9 Å². The third-order valence-electron chi connectivity index (χ3n) is 2.85. The van der Waals surface area contributed by atoms with Gasteiger partial charge in [0.2, 0.25) is 0 Å². The molecule has 0 aromatic heterocycles. The van der Waals surface area contributed by atoms with E-state index in [0.29, 0.717) is 5.56 Å². The molecule has 1 atom stereocenters. The van der Waals surface area contributed by atoms with Crippen LogP contribution in [0.2, 0.25) is 0 Å². The highest BCUT2D eigenvalue weighted by Gasteiger charge is 2.21. The Kier molecular flexibility index (Phi) is 6.37. The van der Waals surface area contributed by atoms with Crippen molar-refractivity contribution in [3.63, 3.8) is 0 Å². The normalized spacial score (nSPS) is 11.8. The number of carbonyl (C=O) groups excluding carboxylic acids is 1. The smallest absolute Gasteiger partial charge is 0.326 e. The molecule has 0 spiro atoms. The van der Waals surface area contributed by atoms with Crippen LogP contribution in [0.5, 0.6) is 0 Å². The van der Waals surface area contributed by atoms with E-state index in [1.54, 1.807) is 24.3 Å². The van der Waals surface area contributed by atoms with E-state index in [9.17, 15) is 14.4 Å². The Morgan fingerprint density at radius 1 is 1.09 bits per heavy atom. The highest BCUT2D eigenvalue weighted by Crippen LogP contribution is 2.11. The Morgan fingerprint density at radius 2 is 1.68 bits per heavy atom. The van der Waals surface area contributed by atoms with Crippen LogP contribution in [0.25, 0.3) is 0 Å². The first-order chi connectivity index (χ1) is 10.3. The van der Waals surface area contributed by atoms with Crippen LogP contribution in [0.1, 0.15) is 37.0 Å². The van der Waals surface area contributed by atoms with Gasteiger partial charge in [-0.05, 0) is 44.5 Å². The van der Waals surface area contributed by atoms with Gasteiger partial charge in [0.05, 0.1) is 0 Å². The molecule has 0 saturated heterocycles. The minimum absolute atomic E-state index is 0.163. The first kappa shape index (κ1) is 17.5. The van der Waals surface area contributed by atoms with Gasteiger partial charge in [0.1, 0.15) is 6.04 Å². The fraction of sp³-hybridized carbons (Fsp3) is 0.400. The summed E-state index contributed by atoms with van der Waals surface area (Å²) in [5.41, 5.74) is 1.17. The third kappa shape index (κ3) is 5.82. The van der Waals surface area contributed by atoms with E-state index in [1.165, 1.54) is 0 Å². The number of hydrogen-bond donors (Lipinski definition) is 4. The zero-order valence-corrected chi connectivity index (χ0v) is 12.5. The minimum atomic E-state index is -1.26. The van der Waals surface area contributed by atoms with Crippen LogP contribution in [0.4, 0.5) is 5.69 Å². The molecule has 0 aliphatic carbocycles. The number of hydrogen-bond acceptors (Lipinski definition) is 4. The van der Waals surface area contributed by atoms with Crippen molar-refractivity contribution in [3.05, 3.63) is 29.8 Å². The van der Waals surface area contributed by atoms with Gasteiger partial charge in [-0.2, -0.15) is 0 Å². The molecule has 1 rings (SSSR count). The maximum Gasteiger partial charge on any atom is 0.326 e. The Labute approximate surface area is 128 Å². The van der Waals surface area contributed by atoms with Crippen LogP contribution >= 0.6 is 0 Å². The predicted octanol–water partition coefficient (Wildman–Crippen LogP) is 1.55. The molecule has 7 nitrogen and oxygen atoms in total. The second kappa shape index (κ2) is 8.02. The fourth-order valence-corrected chi connectivity index (χ4v) is 1.82. The van der Waals surface area contributed by atoms with Gasteiger partial charge in [0, 0.05) is 23.7 Å². The van der Waals surface area contributed by atoms with Gasteiger partial charge in [0.25, 0.3) is 5.91 Å². The summed E-state index contributed by atoms with van der Waals surface area (Å²) in [6.45, 7) is 3.97. The van der Waals surface area contributed by atoms with Crippen LogP contribution < -0.4 is 10.6 Å². The van der Waals surface area contributed by atoms with Crippen molar-refractivity contribution >= 4 is 23.5 Å². The van der Waals surface area contributed by atoms with E-state index in [0.717, 1.165) is 5.69 Å². The summed E-state index contributed by atoms with van der Waals surface area (Å²) in [6.07, 6.45) is -0.488. The summed E-state index contributed by atoms with van der Waals surface area (Å²) >= 11 is 0. The number of carboxylic acid groups (broad SMARTS) is 2. The van der Waals surface area contributed by atoms with Gasteiger partial charge < -0.3 is 20.8 Å². The molecular formula is C15H20N2O5. The van der Waals surface area contributed by atoms with Gasteiger partial charge in [-0.25, -0.2) is 4.79 Å². The topological polar surface area (TPSA) is 116 Å². The highest BCUT2D eigenvalue weighted by molar-refractivity contribution is 5.96. The lowest BCUT2D eigenvalue weighted by atomic mass is 10.1. The fourth-order valence-electron chi connectivity index (χ4n) is 1.82. The first-order valence-electron chi connectivity index (χ1n) is 6.91. The molecule has 1 aromatic rings. The molecule has 0 saturated carbocycles. The number of carboxylic acids is 2. The number of anilines is 1. The van der Waals surface area contributed by atoms with Gasteiger partial charge in [-0.1, -0.05) is 0 Å². The molecule has 4 N–H and O–H groups in total. The van der Waals surface area contributed by atoms with E-state index >= 15 is 0 Å². The average molecular weight is 308 g/mol. The SMILES string of the molecule is CC(C)Nc1ccc(C(=O)N[C@@H](CCC(=O)O)C(=O)O)cc1. The first-order valence-corrected chi connectivity index (χ1v) is 6.91. The molecule has 7 heteroatoms. The maximum absolute atomic E-state index is 12.0. The van der Waals surface area contributed by atoms with Crippen LogP contribution in [0.15, 0.2) is 24.3 Å². The number of carbonyl (C=O) groups is 3. The Bertz CT molecular complexity index is 539. The van der Waals surface area contributed by atoms with Crippen LogP contribution in [0, 0.1) is 0 Å². The zero-order chi connectivity index (χ0) is 16.7. The van der Waals surface area contributed by atoms with Crippen molar-refractivity contribution in [2.24, 2.45) is 0 Å². The van der Waals surface area contributed by atoms with Crippen molar-refractivity contribution in [1.82, 2.24) is 5.32 Å². The molecule has 0 heterocycles. The van der Waals surface area contributed by atoms with Crippen molar-refractivity contribution < 1.29 is 24.6 Å². The van der Waals surface area contributed by atoms with Crippen LogP contribution in [0.3, 0.4) is 0 Å². The van der Waals surface area contributed by atoms with Crippen LogP contribution in [-0.4, -0.2) is 40.1 Å². The Morgan fingerprint density at radius 3 is 2.14 bits per heavy atom. The molecule has 0 aliphatic rings. The second-order valence-electron chi connectivity index (χ2n) is 5.17. The zero-order valence-electron chi connectivity index (χ0n) is 12.5. The molecule has 22 heavy (non-hydrogen) atoms. The maximum atomic E-state index is 12.0. The molecule has 1 aromatic carbocycles. The largest absolute Gasteiger partial charge is 0.481 e. The summed E-state index contributed by atoms with van der Waals surface area (Å²) < 4.78 is 0. The second-order valence-corrected chi connectivity index (χ2v) is 5.17. The molecule has 120 valence electrons. The van der Waals surface area contributed by atoms with Crippen molar-refractivity contribution in [3.8, 4) is 0 Å². The number of amides is 1. The number of nitrogens with one attached hydrogen (secondary N) is 2. The summed E-state index contributed by atoms with van der Waals surface area (Å²) in [5.74, 6) is -2.91. The number of benzene rings is 1. The molecule has 0 aliphatic heterocycles. The van der Waals surface area contributed by atoms with Crippen molar-refractivity contribution in [1.29, 1.82) is 0 Å². The van der Waals surface area contributed by atoms with Crippen molar-refractivity contribution in [2.75, 3.05) is 5.32 Å². The summed E-state index contributed by atoms with van der Waals surface area (Å²) in [7, 11) is 0. The number of aliphatic carboxylic acids is 2. The molecule has 0 radical (unpaired) electrons. The lowest BCUT2D eigenvalue weighted by Gasteiger charge is -2.14. The number of rotatable bonds is 8. The molecule has 0 fully saturated rings. The Balaban J connectivity index is 2.69. The molecular weight excluding hydrogens is 288 g/mol. The average Bonchev–Trinajstić information content (AvgIpc) is 2.42. The van der Waals surface area contributed by atoms with Gasteiger partial charge in [-0.3, -0.25) is 9.59 Å². The van der Waals surface area contributed by atoms with Gasteiger partial charge in [-0.15, -0.1) is 0 Å². The predicted molar refractivity (Wildman–Crippen MR) is 81.0 cm³/mol. The quantitative estimate of drug-likeness (QED) is 0.579. The van der Waals surface area contributed by atoms with E-state index in [-0.39, 0.29) is 18.9 Å². The van der Waals surface area contributed by atoms with E-state index in [4.69, 9.17) is 10.2 Å². The third-order valence-corrected chi connectivity index (χ3v) is 2.85. The Hall–Kier alpha value is -2.57. The van der Waals surface area contributed by atoms with Gasteiger partial charge in [0.15, 0.2) is 0 Å². The standard InChI is InChI=1S/C15H20N2O5/c1-9(2)16-11-5-3-10(4-6-11)14(20)17-12(15(21)22)7-8-13(18)19/h3-6,9,12,16H,7-8H2,1-2H3,(H,17,20)(H,18,19)(H,21,22)/t12-/m0/s1. The highest BCUT2D eigenvalue weighted by atomic mass is 16.4. The summed E-state index contributed by atoms with van der Waals surface area (Å²) in [4.78, 5) is 33.5. The molecule has 0 unspecified atom stereocenters. The summed E-state index contributed by atoms with van der Waals surface area (Å²) in [6, 6.07) is 5.64. The minimum Gasteiger partial charge on any atom is -0.481 e. The lowest BCUT2D eigenvalue weighted by molar-refractivity contribution is -0.140. The van der Waals surface area contributed by atoms with E-state index < -0.39 is 23.9 Å². The van der Waals surface area contributed by atoms with Crippen molar-refractivity contribution in [2.45, 2.75) is 38.8 Å². The van der Waals surface area contributed by atoms with E-state index in [1.807, 2.05) is 13.8 Å². The monoisotopic (exact) mass is 308 g/mol. The van der Waals surface area contributed by atoms with Crippen LogP contribution in [-0.2, 0) is 9.59 Å². The van der Waals surface area contributed by atoms with E-state index in [2.05, 4.69) is 10.6 Å². The summed E-state index contributed by atoms with van der Waals surface area (Å²) in [5, 5.41) is 23.1. The lowest BCUT2D eigenvalue weighted by Crippen LogP contribution is -2.41.